The van der Waals surface area contributed by atoms with Crippen LogP contribution in [0.15, 0.2) is 30.6 Å². The zero-order chi connectivity index (χ0) is 14.0. The van der Waals surface area contributed by atoms with Gasteiger partial charge >= 0.3 is 5.97 Å². The fourth-order valence-corrected chi connectivity index (χ4v) is 2.23. The molecule has 0 unspecified atom stereocenters. The van der Waals surface area contributed by atoms with E-state index >= 15 is 0 Å². The first-order valence-electron chi connectivity index (χ1n) is 5.28. The van der Waals surface area contributed by atoms with E-state index in [1.165, 1.54) is 6.20 Å². The van der Waals surface area contributed by atoms with Gasteiger partial charge in [-0.1, -0.05) is 40.9 Å². The summed E-state index contributed by atoms with van der Waals surface area (Å²) in [4.78, 5) is 14.9. The average molecular weight is 317 g/mol. The molecule has 2 aromatic rings. The van der Waals surface area contributed by atoms with E-state index in [9.17, 15) is 4.79 Å². The molecule has 2 rings (SSSR count). The van der Waals surface area contributed by atoms with E-state index < -0.39 is 5.97 Å². The van der Waals surface area contributed by atoms with Crippen LogP contribution in [-0.4, -0.2) is 16.1 Å². The predicted molar refractivity (Wildman–Crippen MR) is 76.0 cm³/mol. The van der Waals surface area contributed by atoms with E-state index in [0.29, 0.717) is 26.2 Å². The fraction of sp³-hybridized carbons (Fsp3) is 0.0769. The number of carbonyl (C=O) groups is 1. The Balaban J connectivity index is 2.57. The molecule has 0 atom stereocenters. The molecule has 0 bridgehead atoms. The Morgan fingerprint density at radius 3 is 2.47 bits per heavy atom. The first kappa shape index (κ1) is 14.1. The van der Waals surface area contributed by atoms with Gasteiger partial charge in [0.1, 0.15) is 0 Å². The van der Waals surface area contributed by atoms with E-state index in [0.717, 1.165) is 5.56 Å². The monoisotopic (exact) mass is 315 g/mol. The third-order valence-electron chi connectivity index (χ3n) is 2.56. The van der Waals surface area contributed by atoms with Gasteiger partial charge in [0.25, 0.3) is 0 Å². The first-order valence-corrected chi connectivity index (χ1v) is 6.42. The molecule has 19 heavy (non-hydrogen) atoms. The lowest BCUT2D eigenvalue weighted by Gasteiger charge is -2.10. The van der Waals surface area contributed by atoms with Gasteiger partial charge in [-0.15, -0.1) is 0 Å². The van der Waals surface area contributed by atoms with E-state index in [1.807, 2.05) is 0 Å². The van der Waals surface area contributed by atoms with Crippen LogP contribution in [0.3, 0.4) is 0 Å². The Morgan fingerprint density at radius 1 is 1.11 bits per heavy atom. The van der Waals surface area contributed by atoms with Crippen molar-refractivity contribution in [2.24, 2.45) is 0 Å². The second-order valence-corrected chi connectivity index (χ2v) is 5.07. The SMILES string of the molecule is O=C(O)Cc1c(Cl)cncc1-c1ccc(Cl)c(Cl)c1. The van der Waals surface area contributed by atoms with Crippen LogP contribution < -0.4 is 0 Å². The molecule has 3 nitrogen and oxygen atoms in total. The van der Waals surface area contributed by atoms with Gasteiger partial charge in [-0.05, 0) is 23.3 Å². The number of benzene rings is 1. The Hall–Kier alpha value is -1.29. The highest BCUT2D eigenvalue weighted by atomic mass is 35.5. The van der Waals surface area contributed by atoms with Gasteiger partial charge in [0, 0.05) is 18.0 Å². The first-order chi connectivity index (χ1) is 8.99. The number of rotatable bonds is 3. The minimum Gasteiger partial charge on any atom is -0.481 e. The van der Waals surface area contributed by atoms with E-state index in [4.69, 9.17) is 39.9 Å². The molecule has 0 spiro atoms. The number of halogens is 3. The van der Waals surface area contributed by atoms with Crippen molar-refractivity contribution in [2.45, 2.75) is 6.42 Å². The summed E-state index contributed by atoms with van der Waals surface area (Å²) in [6, 6.07) is 5.04. The quantitative estimate of drug-likeness (QED) is 0.916. The molecule has 0 fully saturated rings. The van der Waals surface area contributed by atoms with Gasteiger partial charge < -0.3 is 5.11 Å². The molecule has 6 heteroatoms. The van der Waals surface area contributed by atoms with Crippen molar-refractivity contribution in [2.75, 3.05) is 0 Å². The molecule has 0 aliphatic carbocycles. The molecule has 0 aliphatic heterocycles. The van der Waals surface area contributed by atoms with Gasteiger partial charge in [0.15, 0.2) is 0 Å². The molecule has 1 heterocycles. The second-order valence-electron chi connectivity index (χ2n) is 3.85. The Bertz CT molecular complexity index is 644. The van der Waals surface area contributed by atoms with Crippen LogP contribution in [0, 0.1) is 0 Å². The van der Waals surface area contributed by atoms with Crippen molar-refractivity contribution >= 4 is 40.8 Å². The van der Waals surface area contributed by atoms with Gasteiger partial charge in [0.2, 0.25) is 0 Å². The Labute approximate surface area is 124 Å². The van der Waals surface area contributed by atoms with Crippen LogP contribution in [0.25, 0.3) is 11.1 Å². The van der Waals surface area contributed by atoms with Crippen LogP contribution in [0.5, 0.6) is 0 Å². The summed E-state index contributed by atoms with van der Waals surface area (Å²) < 4.78 is 0. The zero-order valence-corrected chi connectivity index (χ0v) is 11.8. The molecule has 98 valence electrons. The summed E-state index contributed by atoms with van der Waals surface area (Å²) in [5.74, 6) is -0.964. The minimum atomic E-state index is -0.964. The Kier molecular flexibility index (Phi) is 4.30. The Morgan fingerprint density at radius 2 is 1.84 bits per heavy atom. The van der Waals surface area contributed by atoms with E-state index in [1.54, 1.807) is 24.4 Å². The summed E-state index contributed by atoms with van der Waals surface area (Å²) >= 11 is 17.8. The van der Waals surface area contributed by atoms with E-state index in [2.05, 4.69) is 4.98 Å². The number of hydrogen-bond donors (Lipinski definition) is 1. The van der Waals surface area contributed by atoms with Crippen molar-refractivity contribution in [1.29, 1.82) is 0 Å². The summed E-state index contributed by atoms with van der Waals surface area (Å²) in [5.41, 5.74) is 1.86. The molecular formula is C13H8Cl3NO2. The molecule has 1 N–H and O–H groups in total. The molecule has 0 amide bonds. The summed E-state index contributed by atoms with van der Waals surface area (Å²) in [6.45, 7) is 0. The van der Waals surface area contributed by atoms with Crippen molar-refractivity contribution in [3.8, 4) is 11.1 Å². The lowest BCUT2D eigenvalue weighted by atomic mass is 10.00. The summed E-state index contributed by atoms with van der Waals surface area (Å²) in [7, 11) is 0. The number of nitrogens with zero attached hydrogens (tertiary/aromatic N) is 1. The maximum Gasteiger partial charge on any atom is 0.307 e. The van der Waals surface area contributed by atoms with Gasteiger partial charge in [0.05, 0.1) is 21.5 Å². The summed E-state index contributed by atoms with van der Waals surface area (Å²) in [5, 5.41) is 10.1. The van der Waals surface area contributed by atoms with Crippen molar-refractivity contribution in [3.05, 3.63) is 51.2 Å². The van der Waals surface area contributed by atoms with Crippen molar-refractivity contribution < 1.29 is 9.90 Å². The topological polar surface area (TPSA) is 50.2 Å². The maximum absolute atomic E-state index is 10.9. The normalized spacial score (nSPS) is 10.5. The lowest BCUT2D eigenvalue weighted by molar-refractivity contribution is -0.136. The van der Waals surface area contributed by atoms with Crippen LogP contribution in [0.1, 0.15) is 5.56 Å². The third-order valence-corrected chi connectivity index (χ3v) is 3.63. The maximum atomic E-state index is 10.9. The number of hydrogen-bond acceptors (Lipinski definition) is 2. The average Bonchev–Trinajstić information content (AvgIpc) is 2.35. The third kappa shape index (κ3) is 3.18. The molecular weight excluding hydrogens is 309 g/mol. The predicted octanol–water partition coefficient (Wildman–Crippen LogP) is 4.34. The van der Waals surface area contributed by atoms with Gasteiger partial charge in [-0.3, -0.25) is 9.78 Å². The van der Waals surface area contributed by atoms with Gasteiger partial charge in [-0.25, -0.2) is 0 Å². The molecule has 0 saturated carbocycles. The van der Waals surface area contributed by atoms with Crippen molar-refractivity contribution in [3.63, 3.8) is 0 Å². The largest absolute Gasteiger partial charge is 0.481 e. The number of aliphatic carboxylic acids is 1. The fourth-order valence-electron chi connectivity index (χ4n) is 1.71. The highest BCUT2D eigenvalue weighted by Gasteiger charge is 2.14. The highest BCUT2D eigenvalue weighted by molar-refractivity contribution is 6.42. The lowest BCUT2D eigenvalue weighted by Crippen LogP contribution is -2.03. The number of pyridine rings is 1. The molecule has 1 aromatic heterocycles. The number of aromatic nitrogens is 1. The van der Waals surface area contributed by atoms with Crippen molar-refractivity contribution in [1.82, 2.24) is 4.98 Å². The molecule has 0 saturated heterocycles. The molecule has 0 radical (unpaired) electrons. The second kappa shape index (κ2) is 5.78. The zero-order valence-electron chi connectivity index (χ0n) is 9.53. The minimum absolute atomic E-state index is 0.184. The number of carboxylic acid groups (broad SMARTS) is 1. The molecule has 1 aromatic carbocycles. The van der Waals surface area contributed by atoms with Crippen LogP contribution in [-0.2, 0) is 11.2 Å². The summed E-state index contributed by atoms with van der Waals surface area (Å²) in [6.07, 6.45) is 2.79. The van der Waals surface area contributed by atoms with Crippen LogP contribution in [0.2, 0.25) is 15.1 Å². The van der Waals surface area contributed by atoms with E-state index in [-0.39, 0.29) is 6.42 Å². The highest BCUT2D eigenvalue weighted by Crippen LogP contribution is 2.32. The smallest absolute Gasteiger partial charge is 0.307 e. The van der Waals surface area contributed by atoms with Crippen LogP contribution >= 0.6 is 34.8 Å². The molecule has 0 aliphatic rings. The standard InChI is InChI=1S/C13H8Cl3NO2/c14-10-2-1-7(3-11(10)15)9-5-17-6-12(16)8(9)4-13(18)19/h1-3,5-6H,4H2,(H,18,19). The number of carboxylic acids is 1. The van der Waals surface area contributed by atoms with Gasteiger partial charge in [-0.2, -0.15) is 0 Å². The van der Waals surface area contributed by atoms with Crippen LogP contribution in [0.4, 0.5) is 0 Å².